The van der Waals surface area contributed by atoms with Crippen molar-refractivity contribution >= 4 is 23.6 Å². The molecule has 1 N–H and O–H groups in total. The highest BCUT2D eigenvalue weighted by Crippen LogP contribution is 2.20. The Morgan fingerprint density at radius 3 is 2.81 bits per heavy atom. The van der Waals surface area contributed by atoms with Crippen LogP contribution < -0.4 is 5.32 Å². The number of nitrogens with zero attached hydrogens (tertiary/aromatic N) is 1. The van der Waals surface area contributed by atoms with Gasteiger partial charge in [0.2, 0.25) is 5.91 Å². The summed E-state index contributed by atoms with van der Waals surface area (Å²) in [7, 11) is 0. The fourth-order valence-corrected chi connectivity index (χ4v) is 3.88. The molecule has 1 unspecified atom stereocenters. The molecule has 1 aliphatic heterocycles. The smallest absolute Gasteiger partial charge is 0.290 e. The number of benzene rings is 1. The maximum Gasteiger partial charge on any atom is 0.290 e. The minimum absolute atomic E-state index is 0.0710. The monoisotopic (exact) mass is 372 g/mol. The van der Waals surface area contributed by atoms with E-state index in [1.807, 2.05) is 0 Å². The van der Waals surface area contributed by atoms with Gasteiger partial charge in [0, 0.05) is 24.6 Å². The number of nitrogens with one attached hydrogen (secondary N) is 1. The highest BCUT2D eigenvalue weighted by Gasteiger charge is 2.35. The van der Waals surface area contributed by atoms with E-state index in [0.29, 0.717) is 25.3 Å². The summed E-state index contributed by atoms with van der Waals surface area (Å²) in [4.78, 5) is 26.5. The van der Waals surface area contributed by atoms with E-state index in [2.05, 4.69) is 36.5 Å². The first-order valence-corrected chi connectivity index (χ1v) is 10.1. The lowest BCUT2D eigenvalue weighted by Crippen LogP contribution is -2.46. The Morgan fingerprint density at radius 2 is 2.08 bits per heavy atom. The van der Waals surface area contributed by atoms with Gasteiger partial charge in [0.25, 0.3) is 5.91 Å². The largest absolute Gasteiger partial charge is 0.459 e. The fourth-order valence-electron chi connectivity index (χ4n) is 3.06. The predicted molar refractivity (Wildman–Crippen MR) is 103 cm³/mol. The molecule has 0 saturated carbocycles. The number of hydrogen-bond acceptors (Lipinski definition) is 4. The van der Waals surface area contributed by atoms with Crippen LogP contribution in [0.4, 0.5) is 0 Å². The van der Waals surface area contributed by atoms with Crippen LogP contribution in [-0.4, -0.2) is 41.6 Å². The summed E-state index contributed by atoms with van der Waals surface area (Å²) >= 11 is 1.79. The zero-order valence-corrected chi connectivity index (χ0v) is 15.8. The number of likely N-dealkylation sites (tertiary alicyclic amines) is 1. The SMILES string of the molecule is Cc1ccc(CSCCNC(=O)C2CCCN2C(=O)c2ccco2)cc1. The molecule has 26 heavy (non-hydrogen) atoms. The number of carbonyl (C=O) groups is 2. The molecule has 0 spiro atoms. The van der Waals surface area contributed by atoms with Crippen molar-refractivity contribution in [3.8, 4) is 0 Å². The van der Waals surface area contributed by atoms with Crippen molar-refractivity contribution in [2.75, 3.05) is 18.8 Å². The molecule has 1 aliphatic rings. The zero-order valence-electron chi connectivity index (χ0n) is 14.9. The molecule has 0 aliphatic carbocycles. The van der Waals surface area contributed by atoms with Gasteiger partial charge in [-0.1, -0.05) is 29.8 Å². The highest BCUT2D eigenvalue weighted by atomic mass is 32.2. The van der Waals surface area contributed by atoms with Crippen molar-refractivity contribution < 1.29 is 14.0 Å². The second-order valence-electron chi connectivity index (χ2n) is 6.46. The normalized spacial score (nSPS) is 16.7. The van der Waals surface area contributed by atoms with E-state index in [4.69, 9.17) is 4.42 Å². The van der Waals surface area contributed by atoms with E-state index < -0.39 is 6.04 Å². The minimum Gasteiger partial charge on any atom is -0.459 e. The van der Waals surface area contributed by atoms with Crippen LogP contribution in [0.2, 0.25) is 0 Å². The molecule has 0 bridgehead atoms. The molecule has 1 fully saturated rings. The zero-order chi connectivity index (χ0) is 18.4. The van der Waals surface area contributed by atoms with E-state index in [-0.39, 0.29) is 11.8 Å². The van der Waals surface area contributed by atoms with Crippen molar-refractivity contribution in [3.05, 3.63) is 59.5 Å². The molecule has 0 radical (unpaired) electrons. The molecule has 3 rings (SSSR count). The number of hydrogen-bond donors (Lipinski definition) is 1. The number of carbonyl (C=O) groups excluding carboxylic acids is 2. The Morgan fingerprint density at radius 1 is 1.27 bits per heavy atom. The minimum atomic E-state index is -0.394. The third-order valence-electron chi connectivity index (χ3n) is 4.48. The summed E-state index contributed by atoms with van der Waals surface area (Å²) in [5, 5.41) is 2.97. The highest BCUT2D eigenvalue weighted by molar-refractivity contribution is 7.98. The number of furan rings is 1. The molecule has 2 aromatic rings. The molecule has 1 aromatic heterocycles. The van der Waals surface area contributed by atoms with Crippen LogP contribution in [-0.2, 0) is 10.5 Å². The van der Waals surface area contributed by atoms with Gasteiger partial charge in [-0.3, -0.25) is 9.59 Å². The first-order valence-electron chi connectivity index (χ1n) is 8.90. The third kappa shape index (κ3) is 4.69. The van der Waals surface area contributed by atoms with Gasteiger partial charge in [-0.25, -0.2) is 0 Å². The number of amides is 2. The first-order chi connectivity index (χ1) is 12.6. The van der Waals surface area contributed by atoms with E-state index in [0.717, 1.165) is 17.9 Å². The van der Waals surface area contributed by atoms with Gasteiger partial charge >= 0.3 is 0 Å². The Kier molecular flexibility index (Phi) is 6.39. The Balaban J connectivity index is 1.41. The van der Waals surface area contributed by atoms with Crippen molar-refractivity contribution in [1.82, 2.24) is 10.2 Å². The van der Waals surface area contributed by atoms with Gasteiger partial charge in [0.15, 0.2) is 5.76 Å². The number of thioether (sulfide) groups is 1. The van der Waals surface area contributed by atoms with Crippen molar-refractivity contribution in [3.63, 3.8) is 0 Å². The van der Waals surface area contributed by atoms with Gasteiger partial charge in [0.1, 0.15) is 6.04 Å². The standard InChI is InChI=1S/C20H24N2O3S/c1-15-6-8-16(9-7-15)14-26-13-10-21-19(23)17-4-2-11-22(17)20(24)18-5-3-12-25-18/h3,5-9,12,17H,2,4,10-11,13-14H2,1H3,(H,21,23). The lowest BCUT2D eigenvalue weighted by atomic mass is 10.2. The van der Waals surface area contributed by atoms with Gasteiger partial charge < -0.3 is 14.6 Å². The average molecular weight is 372 g/mol. The van der Waals surface area contributed by atoms with Crippen LogP contribution in [0.5, 0.6) is 0 Å². The third-order valence-corrected chi connectivity index (χ3v) is 5.51. The summed E-state index contributed by atoms with van der Waals surface area (Å²) in [5.74, 6) is 1.79. The van der Waals surface area contributed by atoms with Crippen LogP contribution in [0, 0.1) is 6.92 Å². The summed E-state index contributed by atoms with van der Waals surface area (Å²) < 4.78 is 5.17. The number of rotatable bonds is 7. The molecule has 1 saturated heterocycles. The van der Waals surface area contributed by atoms with Gasteiger partial charge in [-0.15, -0.1) is 0 Å². The molecule has 2 amide bonds. The van der Waals surface area contributed by atoms with E-state index in [1.165, 1.54) is 17.4 Å². The maximum absolute atomic E-state index is 12.5. The Labute approximate surface area is 158 Å². The number of aryl methyl sites for hydroxylation is 1. The molecule has 6 heteroatoms. The van der Waals surface area contributed by atoms with E-state index in [1.54, 1.807) is 28.8 Å². The molecule has 1 atom stereocenters. The van der Waals surface area contributed by atoms with Crippen LogP contribution in [0.3, 0.4) is 0 Å². The summed E-state index contributed by atoms with van der Waals surface area (Å²) in [6.07, 6.45) is 3.02. The molecule has 2 heterocycles. The Bertz CT molecular complexity index is 728. The van der Waals surface area contributed by atoms with Crippen LogP contribution in [0.1, 0.15) is 34.5 Å². The first kappa shape index (κ1) is 18.6. The van der Waals surface area contributed by atoms with E-state index in [9.17, 15) is 9.59 Å². The van der Waals surface area contributed by atoms with Gasteiger partial charge in [0.05, 0.1) is 6.26 Å². The van der Waals surface area contributed by atoms with Crippen LogP contribution in [0.25, 0.3) is 0 Å². The summed E-state index contributed by atoms with van der Waals surface area (Å²) in [6, 6.07) is 11.4. The van der Waals surface area contributed by atoms with Crippen LogP contribution >= 0.6 is 11.8 Å². The van der Waals surface area contributed by atoms with E-state index >= 15 is 0 Å². The molecule has 5 nitrogen and oxygen atoms in total. The molecule has 1 aromatic carbocycles. The lowest BCUT2D eigenvalue weighted by molar-refractivity contribution is -0.124. The van der Waals surface area contributed by atoms with Crippen molar-refractivity contribution in [2.45, 2.75) is 31.6 Å². The average Bonchev–Trinajstić information content (AvgIpc) is 3.34. The van der Waals surface area contributed by atoms with Crippen LogP contribution in [0.15, 0.2) is 47.1 Å². The summed E-state index contributed by atoms with van der Waals surface area (Å²) in [5.41, 5.74) is 2.55. The van der Waals surface area contributed by atoms with Crippen molar-refractivity contribution in [2.24, 2.45) is 0 Å². The quantitative estimate of drug-likeness (QED) is 0.758. The van der Waals surface area contributed by atoms with Gasteiger partial charge in [-0.2, -0.15) is 11.8 Å². The fraction of sp³-hybridized carbons (Fsp3) is 0.400. The predicted octanol–water partition coefficient (Wildman–Crippen LogP) is 3.24. The maximum atomic E-state index is 12.5. The van der Waals surface area contributed by atoms with Gasteiger partial charge in [-0.05, 0) is 37.5 Å². The molecule has 138 valence electrons. The molecular weight excluding hydrogens is 348 g/mol. The summed E-state index contributed by atoms with van der Waals surface area (Å²) in [6.45, 7) is 3.28. The van der Waals surface area contributed by atoms with Crippen molar-refractivity contribution in [1.29, 1.82) is 0 Å². The Hall–Kier alpha value is -2.21. The lowest BCUT2D eigenvalue weighted by Gasteiger charge is -2.23. The topological polar surface area (TPSA) is 62.6 Å². The second-order valence-corrected chi connectivity index (χ2v) is 7.57. The molecular formula is C20H24N2O3S. The second kappa shape index (κ2) is 8.94.